The van der Waals surface area contributed by atoms with E-state index in [9.17, 15) is 9.90 Å². The van der Waals surface area contributed by atoms with Crippen LogP contribution in [-0.4, -0.2) is 53.1 Å². The number of carbonyl (C=O) groups excluding carboxylic acids is 1. The fourth-order valence-electron chi connectivity index (χ4n) is 2.35. The lowest BCUT2D eigenvalue weighted by atomic mass is 10.2. The Morgan fingerprint density at radius 3 is 2.76 bits per heavy atom. The number of rotatable bonds is 4. The van der Waals surface area contributed by atoms with Crippen molar-refractivity contribution in [2.75, 3.05) is 19.7 Å². The average Bonchev–Trinajstić information content (AvgIpc) is 2.48. The normalized spacial score (nSPS) is 23.9. The Morgan fingerprint density at radius 1 is 1.48 bits per heavy atom. The van der Waals surface area contributed by atoms with E-state index in [2.05, 4.69) is 0 Å². The third kappa shape index (κ3) is 4.61. The molecule has 1 aromatic rings. The summed E-state index contributed by atoms with van der Waals surface area (Å²) in [5, 5.41) is 9.73. The summed E-state index contributed by atoms with van der Waals surface area (Å²) in [6, 6.07) is 7.46. The molecule has 1 heterocycles. The van der Waals surface area contributed by atoms with Crippen molar-refractivity contribution < 1.29 is 14.6 Å². The number of aliphatic hydroxyl groups is 1. The van der Waals surface area contributed by atoms with Gasteiger partial charge in [0.2, 0.25) is 5.91 Å². The molecule has 0 saturated carbocycles. The first-order valence-electron chi connectivity index (χ1n) is 6.97. The molecule has 1 N–H and O–H groups in total. The minimum atomic E-state index is -0.287. The number of morpholine rings is 1. The van der Waals surface area contributed by atoms with E-state index in [1.165, 1.54) is 11.8 Å². The first kappa shape index (κ1) is 16.6. The number of nitrogens with zero attached hydrogens (tertiary/aromatic N) is 1. The van der Waals surface area contributed by atoms with Crippen molar-refractivity contribution in [1.29, 1.82) is 0 Å². The zero-order valence-corrected chi connectivity index (χ0v) is 13.7. The van der Waals surface area contributed by atoms with Crippen molar-refractivity contribution in [3.8, 4) is 0 Å². The monoisotopic (exact) mass is 329 g/mol. The number of ether oxygens (including phenoxy) is 1. The molecule has 6 heteroatoms. The fraction of sp³-hybridized carbons (Fsp3) is 0.533. The molecule has 1 amide bonds. The molecular formula is C15H20ClNO3S. The van der Waals surface area contributed by atoms with Crippen molar-refractivity contribution in [2.45, 2.75) is 36.2 Å². The van der Waals surface area contributed by atoms with Gasteiger partial charge in [-0.05, 0) is 38.1 Å². The van der Waals surface area contributed by atoms with Crippen molar-refractivity contribution in [2.24, 2.45) is 0 Å². The second-order valence-corrected chi connectivity index (χ2v) is 7.06. The van der Waals surface area contributed by atoms with Gasteiger partial charge in [0.15, 0.2) is 0 Å². The minimum absolute atomic E-state index is 0.0485. The maximum absolute atomic E-state index is 12.5. The molecule has 21 heavy (non-hydrogen) atoms. The van der Waals surface area contributed by atoms with Gasteiger partial charge < -0.3 is 14.7 Å². The van der Waals surface area contributed by atoms with Crippen LogP contribution in [0.1, 0.15) is 13.8 Å². The quantitative estimate of drug-likeness (QED) is 0.862. The molecule has 1 aliphatic rings. The topological polar surface area (TPSA) is 49.8 Å². The van der Waals surface area contributed by atoms with Crippen LogP contribution in [0.4, 0.5) is 0 Å². The number of carbonyl (C=O) groups is 1. The lowest BCUT2D eigenvalue weighted by molar-refractivity contribution is -0.146. The van der Waals surface area contributed by atoms with Crippen LogP contribution in [0, 0.1) is 0 Å². The Balaban J connectivity index is 1.96. The van der Waals surface area contributed by atoms with E-state index < -0.39 is 0 Å². The molecule has 1 saturated heterocycles. The summed E-state index contributed by atoms with van der Waals surface area (Å²) in [6.45, 7) is 4.77. The summed E-state index contributed by atoms with van der Waals surface area (Å²) in [5.74, 6) is 0.0727. The Hall–Kier alpha value is -0.750. The molecule has 0 bridgehead atoms. The van der Waals surface area contributed by atoms with E-state index in [-0.39, 0.29) is 30.0 Å². The SMILES string of the molecule is CC1CN(C(=O)C(C)Sc2ccc(Cl)cc2)CC(CO)O1. The number of thioether (sulfide) groups is 1. The first-order valence-corrected chi connectivity index (χ1v) is 8.22. The third-order valence-electron chi connectivity index (χ3n) is 3.32. The van der Waals surface area contributed by atoms with E-state index in [1.807, 2.05) is 38.1 Å². The molecule has 0 aromatic heterocycles. The molecule has 0 radical (unpaired) electrons. The fourth-order valence-corrected chi connectivity index (χ4v) is 3.43. The van der Waals surface area contributed by atoms with Crippen LogP contribution in [0.15, 0.2) is 29.2 Å². The number of amides is 1. The molecule has 116 valence electrons. The second kappa shape index (κ2) is 7.49. The van der Waals surface area contributed by atoms with E-state index >= 15 is 0 Å². The van der Waals surface area contributed by atoms with Gasteiger partial charge in [0.05, 0.1) is 24.1 Å². The first-order chi connectivity index (χ1) is 9.99. The Morgan fingerprint density at radius 2 is 2.14 bits per heavy atom. The molecule has 0 spiro atoms. The van der Waals surface area contributed by atoms with Gasteiger partial charge in [0, 0.05) is 23.0 Å². The largest absolute Gasteiger partial charge is 0.394 e. The van der Waals surface area contributed by atoms with E-state index in [4.69, 9.17) is 16.3 Å². The highest BCUT2D eigenvalue weighted by Gasteiger charge is 2.30. The summed E-state index contributed by atoms with van der Waals surface area (Å²) in [5.41, 5.74) is 0. The highest BCUT2D eigenvalue weighted by molar-refractivity contribution is 8.00. The number of hydrogen-bond donors (Lipinski definition) is 1. The molecule has 3 unspecified atom stereocenters. The number of halogens is 1. The summed E-state index contributed by atoms with van der Waals surface area (Å²) in [7, 11) is 0. The van der Waals surface area contributed by atoms with Crippen LogP contribution < -0.4 is 0 Å². The summed E-state index contributed by atoms with van der Waals surface area (Å²) in [4.78, 5) is 15.3. The van der Waals surface area contributed by atoms with Crippen molar-refractivity contribution in [3.63, 3.8) is 0 Å². The summed E-state index contributed by atoms with van der Waals surface area (Å²) >= 11 is 7.37. The van der Waals surface area contributed by atoms with E-state index in [1.54, 1.807) is 4.90 Å². The maximum atomic E-state index is 12.5. The molecule has 1 fully saturated rings. The predicted octanol–water partition coefficient (Wildman–Crippen LogP) is 2.43. The Labute approximate surface area is 134 Å². The smallest absolute Gasteiger partial charge is 0.235 e. The average molecular weight is 330 g/mol. The van der Waals surface area contributed by atoms with Crippen LogP contribution >= 0.6 is 23.4 Å². The minimum Gasteiger partial charge on any atom is -0.394 e. The molecule has 1 aromatic carbocycles. The molecule has 4 nitrogen and oxygen atoms in total. The van der Waals surface area contributed by atoms with Crippen LogP contribution in [0.5, 0.6) is 0 Å². The van der Waals surface area contributed by atoms with Crippen molar-refractivity contribution in [1.82, 2.24) is 4.90 Å². The van der Waals surface area contributed by atoms with Gasteiger partial charge in [-0.1, -0.05) is 11.6 Å². The molecule has 1 aliphatic heterocycles. The van der Waals surface area contributed by atoms with E-state index in [0.29, 0.717) is 18.1 Å². The predicted molar refractivity (Wildman–Crippen MR) is 84.8 cm³/mol. The summed E-state index contributed by atoms with van der Waals surface area (Å²) in [6.07, 6.45) is -0.335. The standard InChI is InChI=1S/C15H20ClNO3S/c1-10-7-17(8-13(9-18)20-10)15(19)11(2)21-14-5-3-12(16)4-6-14/h3-6,10-11,13,18H,7-9H2,1-2H3. The van der Waals surface area contributed by atoms with Crippen LogP contribution in [0.2, 0.25) is 5.02 Å². The molecule has 2 rings (SSSR count). The van der Waals surface area contributed by atoms with Gasteiger partial charge in [-0.3, -0.25) is 4.79 Å². The number of hydrogen-bond acceptors (Lipinski definition) is 4. The van der Waals surface area contributed by atoms with Crippen LogP contribution in [-0.2, 0) is 9.53 Å². The highest BCUT2D eigenvalue weighted by Crippen LogP contribution is 2.26. The van der Waals surface area contributed by atoms with Gasteiger partial charge in [-0.2, -0.15) is 0 Å². The molecule has 0 aliphatic carbocycles. The zero-order valence-electron chi connectivity index (χ0n) is 12.2. The number of aliphatic hydroxyl groups excluding tert-OH is 1. The molecule has 3 atom stereocenters. The van der Waals surface area contributed by atoms with Crippen LogP contribution in [0.25, 0.3) is 0 Å². The lowest BCUT2D eigenvalue weighted by Gasteiger charge is -2.37. The van der Waals surface area contributed by atoms with Gasteiger partial charge >= 0.3 is 0 Å². The van der Waals surface area contributed by atoms with E-state index in [0.717, 1.165) is 4.90 Å². The zero-order chi connectivity index (χ0) is 15.4. The highest BCUT2D eigenvalue weighted by atomic mass is 35.5. The number of benzene rings is 1. The third-order valence-corrected chi connectivity index (χ3v) is 4.67. The Kier molecular flexibility index (Phi) is 5.93. The summed E-state index contributed by atoms with van der Waals surface area (Å²) < 4.78 is 5.56. The van der Waals surface area contributed by atoms with Crippen LogP contribution in [0.3, 0.4) is 0 Å². The van der Waals surface area contributed by atoms with Crippen molar-refractivity contribution in [3.05, 3.63) is 29.3 Å². The molecular weight excluding hydrogens is 310 g/mol. The van der Waals surface area contributed by atoms with Gasteiger partial charge in [0.1, 0.15) is 0 Å². The van der Waals surface area contributed by atoms with Gasteiger partial charge in [0.25, 0.3) is 0 Å². The second-order valence-electron chi connectivity index (χ2n) is 5.21. The van der Waals surface area contributed by atoms with Crippen molar-refractivity contribution >= 4 is 29.3 Å². The lowest BCUT2D eigenvalue weighted by Crippen LogP contribution is -2.52. The maximum Gasteiger partial charge on any atom is 0.235 e. The van der Waals surface area contributed by atoms with Gasteiger partial charge in [-0.15, -0.1) is 11.8 Å². The van der Waals surface area contributed by atoms with Gasteiger partial charge in [-0.25, -0.2) is 0 Å². The Bertz CT molecular complexity index is 482.